The van der Waals surface area contributed by atoms with Crippen molar-refractivity contribution in [2.75, 3.05) is 6.54 Å². The minimum atomic E-state index is -1.74. The molecule has 2 atom stereocenters. The third-order valence-electron chi connectivity index (χ3n) is 3.05. The van der Waals surface area contributed by atoms with E-state index < -0.39 is 46.8 Å². The SMILES string of the molecule is CC(C)(C)OC(=O)NCCC(O)C(O)c1c(F)cccc1C(=O)O. The van der Waals surface area contributed by atoms with E-state index in [9.17, 15) is 24.2 Å². The fourth-order valence-electron chi connectivity index (χ4n) is 2.01. The fraction of sp³-hybridized carbons (Fsp3) is 0.500. The van der Waals surface area contributed by atoms with Crippen LogP contribution in [0.4, 0.5) is 9.18 Å². The van der Waals surface area contributed by atoms with Gasteiger partial charge in [-0.1, -0.05) is 6.07 Å². The molecule has 1 aromatic rings. The van der Waals surface area contributed by atoms with Gasteiger partial charge in [0.25, 0.3) is 0 Å². The highest BCUT2D eigenvalue weighted by atomic mass is 19.1. The summed E-state index contributed by atoms with van der Waals surface area (Å²) in [6, 6.07) is 3.33. The lowest BCUT2D eigenvalue weighted by Crippen LogP contribution is -2.35. The van der Waals surface area contributed by atoms with Crippen molar-refractivity contribution in [3.63, 3.8) is 0 Å². The smallest absolute Gasteiger partial charge is 0.407 e. The summed E-state index contributed by atoms with van der Waals surface area (Å²) >= 11 is 0. The average Bonchev–Trinajstić information content (AvgIpc) is 2.44. The maximum absolute atomic E-state index is 13.8. The van der Waals surface area contributed by atoms with Crippen LogP contribution in [-0.4, -0.2) is 45.6 Å². The van der Waals surface area contributed by atoms with Crippen molar-refractivity contribution in [2.45, 2.75) is 45.0 Å². The van der Waals surface area contributed by atoms with E-state index in [4.69, 9.17) is 9.84 Å². The van der Waals surface area contributed by atoms with Crippen LogP contribution in [0.1, 0.15) is 49.2 Å². The number of aromatic carboxylic acids is 1. The van der Waals surface area contributed by atoms with Crippen LogP contribution >= 0.6 is 0 Å². The molecule has 0 spiro atoms. The maximum atomic E-state index is 13.8. The first-order valence-electron chi connectivity index (χ1n) is 7.37. The maximum Gasteiger partial charge on any atom is 0.407 e. The second-order valence-electron chi connectivity index (χ2n) is 6.24. The van der Waals surface area contributed by atoms with Crippen molar-refractivity contribution in [1.82, 2.24) is 5.32 Å². The molecule has 1 aromatic carbocycles. The first-order valence-corrected chi connectivity index (χ1v) is 7.37. The number of carboxylic acids is 1. The number of carboxylic acid groups (broad SMARTS) is 1. The Hall–Kier alpha value is -2.19. The third-order valence-corrected chi connectivity index (χ3v) is 3.05. The summed E-state index contributed by atoms with van der Waals surface area (Å²) in [5.41, 5.74) is -1.59. The zero-order valence-corrected chi connectivity index (χ0v) is 13.7. The minimum absolute atomic E-state index is 0.0377. The van der Waals surface area contributed by atoms with Gasteiger partial charge in [0.1, 0.15) is 17.5 Å². The summed E-state index contributed by atoms with van der Waals surface area (Å²) in [5.74, 6) is -2.34. The summed E-state index contributed by atoms with van der Waals surface area (Å²) in [6.45, 7) is 5.04. The lowest BCUT2D eigenvalue weighted by atomic mass is 9.96. The average molecular weight is 343 g/mol. The van der Waals surface area contributed by atoms with Crippen molar-refractivity contribution in [3.8, 4) is 0 Å². The fourth-order valence-corrected chi connectivity index (χ4v) is 2.01. The molecule has 0 saturated heterocycles. The van der Waals surface area contributed by atoms with Crippen LogP contribution in [-0.2, 0) is 4.74 Å². The number of aliphatic hydroxyl groups is 2. The van der Waals surface area contributed by atoms with Crippen LogP contribution in [0.5, 0.6) is 0 Å². The normalized spacial score (nSPS) is 13.9. The number of aliphatic hydroxyl groups excluding tert-OH is 2. The van der Waals surface area contributed by atoms with E-state index in [-0.39, 0.29) is 13.0 Å². The topological polar surface area (TPSA) is 116 Å². The van der Waals surface area contributed by atoms with Gasteiger partial charge in [0.2, 0.25) is 0 Å². The Labute approximate surface area is 139 Å². The van der Waals surface area contributed by atoms with E-state index in [1.165, 1.54) is 6.07 Å². The first kappa shape index (κ1) is 19.9. The number of amides is 1. The molecule has 0 aliphatic carbocycles. The summed E-state index contributed by atoms with van der Waals surface area (Å²) in [7, 11) is 0. The second kappa shape index (κ2) is 8.07. The van der Waals surface area contributed by atoms with E-state index in [0.29, 0.717) is 0 Å². The van der Waals surface area contributed by atoms with Gasteiger partial charge in [-0.05, 0) is 39.3 Å². The van der Waals surface area contributed by atoms with Crippen molar-refractivity contribution >= 4 is 12.1 Å². The predicted octanol–water partition coefficient (Wildman–Crippen LogP) is 1.83. The molecule has 0 heterocycles. The van der Waals surface area contributed by atoms with Crippen LogP contribution in [0.25, 0.3) is 0 Å². The number of carbonyl (C=O) groups excluding carboxylic acids is 1. The van der Waals surface area contributed by atoms with Crippen LogP contribution in [0, 0.1) is 5.82 Å². The Morgan fingerprint density at radius 2 is 1.92 bits per heavy atom. The molecule has 0 aromatic heterocycles. The van der Waals surface area contributed by atoms with Gasteiger partial charge in [-0.25, -0.2) is 14.0 Å². The Bertz CT molecular complexity index is 599. The lowest BCUT2D eigenvalue weighted by molar-refractivity contribution is 0.00952. The number of benzene rings is 1. The molecule has 1 rings (SSSR count). The zero-order valence-electron chi connectivity index (χ0n) is 13.7. The molecule has 24 heavy (non-hydrogen) atoms. The molecule has 4 N–H and O–H groups in total. The highest BCUT2D eigenvalue weighted by molar-refractivity contribution is 5.89. The van der Waals surface area contributed by atoms with Crippen LogP contribution < -0.4 is 5.32 Å². The van der Waals surface area contributed by atoms with E-state index in [1.54, 1.807) is 20.8 Å². The number of halogens is 1. The standard InChI is InChI=1S/C16H22FNO6/c1-16(2,3)24-15(23)18-8-7-11(19)13(20)12-9(14(21)22)5-4-6-10(12)17/h4-6,11,13,19-20H,7-8H2,1-3H3,(H,18,23)(H,21,22). The van der Waals surface area contributed by atoms with Crippen molar-refractivity contribution in [1.29, 1.82) is 0 Å². The number of hydrogen-bond donors (Lipinski definition) is 4. The monoisotopic (exact) mass is 343 g/mol. The van der Waals surface area contributed by atoms with Gasteiger partial charge in [-0.3, -0.25) is 0 Å². The number of rotatable bonds is 6. The predicted molar refractivity (Wildman–Crippen MR) is 83.2 cm³/mol. The molecule has 0 bridgehead atoms. The van der Waals surface area contributed by atoms with Gasteiger partial charge in [0, 0.05) is 12.1 Å². The molecule has 0 saturated carbocycles. The van der Waals surface area contributed by atoms with Crippen LogP contribution in [0.15, 0.2) is 18.2 Å². The summed E-state index contributed by atoms with van der Waals surface area (Å²) in [5, 5.41) is 31.4. The highest BCUT2D eigenvalue weighted by Gasteiger charge is 2.27. The zero-order chi connectivity index (χ0) is 18.5. The number of hydrogen-bond acceptors (Lipinski definition) is 5. The van der Waals surface area contributed by atoms with Gasteiger partial charge >= 0.3 is 12.1 Å². The quantitative estimate of drug-likeness (QED) is 0.626. The van der Waals surface area contributed by atoms with Gasteiger partial charge in [-0.2, -0.15) is 0 Å². The Kier molecular flexibility index (Phi) is 6.68. The van der Waals surface area contributed by atoms with E-state index in [1.807, 2.05) is 0 Å². The summed E-state index contributed by atoms with van der Waals surface area (Å²) in [4.78, 5) is 22.6. The molecule has 0 fully saturated rings. The molecule has 0 radical (unpaired) electrons. The number of carbonyl (C=O) groups is 2. The highest BCUT2D eigenvalue weighted by Crippen LogP contribution is 2.25. The molecule has 134 valence electrons. The number of alkyl carbamates (subject to hydrolysis) is 1. The van der Waals surface area contributed by atoms with Gasteiger partial charge in [0.05, 0.1) is 11.7 Å². The minimum Gasteiger partial charge on any atom is -0.478 e. The molecular weight excluding hydrogens is 321 g/mol. The summed E-state index contributed by atoms with van der Waals surface area (Å²) < 4.78 is 18.8. The van der Waals surface area contributed by atoms with E-state index in [2.05, 4.69) is 5.32 Å². The van der Waals surface area contributed by atoms with Crippen molar-refractivity contribution < 1.29 is 34.0 Å². The van der Waals surface area contributed by atoms with Crippen molar-refractivity contribution in [3.05, 3.63) is 35.1 Å². The van der Waals surface area contributed by atoms with E-state index >= 15 is 0 Å². The number of nitrogens with one attached hydrogen (secondary N) is 1. The second-order valence-corrected chi connectivity index (χ2v) is 6.24. The Balaban J connectivity index is 2.68. The number of ether oxygens (including phenoxy) is 1. The molecule has 1 amide bonds. The third kappa shape index (κ3) is 5.78. The molecule has 8 heteroatoms. The molecular formula is C16H22FNO6. The molecule has 0 aliphatic heterocycles. The Morgan fingerprint density at radius 3 is 2.46 bits per heavy atom. The molecule has 0 aliphatic rings. The van der Waals surface area contributed by atoms with Crippen molar-refractivity contribution in [2.24, 2.45) is 0 Å². The summed E-state index contributed by atoms with van der Waals surface area (Å²) in [6.07, 6.45) is -4.01. The van der Waals surface area contributed by atoms with Gasteiger partial charge in [-0.15, -0.1) is 0 Å². The molecule has 2 unspecified atom stereocenters. The van der Waals surface area contributed by atoms with Gasteiger partial charge in [0.15, 0.2) is 0 Å². The molecule has 7 nitrogen and oxygen atoms in total. The van der Waals surface area contributed by atoms with Crippen LogP contribution in [0.3, 0.4) is 0 Å². The van der Waals surface area contributed by atoms with Gasteiger partial charge < -0.3 is 25.4 Å². The lowest BCUT2D eigenvalue weighted by Gasteiger charge is -2.22. The largest absolute Gasteiger partial charge is 0.478 e. The first-order chi connectivity index (χ1) is 11.0. The van der Waals surface area contributed by atoms with Crippen LogP contribution in [0.2, 0.25) is 0 Å². The van der Waals surface area contributed by atoms with E-state index in [0.717, 1.165) is 12.1 Å². The Morgan fingerprint density at radius 1 is 1.29 bits per heavy atom.